The van der Waals surface area contributed by atoms with Crippen molar-refractivity contribution < 1.29 is 9.59 Å². The molecule has 1 N–H and O–H groups in total. The Morgan fingerprint density at radius 3 is 2.48 bits per heavy atom. The zero-order valence-electron chi connectivity index (χ0n) is 13.9. The van der Waals surface area contributed by atoms with E-state index in [1.807, 2.05) is 36.1 Å². The maximum Gasteiger partial charge on any atom is 0.317 e. The minimum atomic E-state index is -0.101. The first-order valence-electron chi connectivity index (χ1n) is 8.45. The molecule has 0 radical (unpaired) electrons. The first-order chi connectivity index (χ1) is 11.0. The monoisotopic (exact) mass is 315 g/mol. The van der Waals surface area contributed by atoms with E-state index in [-0.39, 0.29) is 18.0 Å². The smallest absolute Gasteiger partial charge is 0.317 e. The second-order valence-electron chi connectivity index (χ2n) is 6.86. The molecule has 0 aromatic heterocycles. The van der Waals surface area contributed by atoms with Crippen LogP contribution < -0.4 is 10.2 Å². The Morgan fingerprint density at radius 2 is 1.83 bits per heavy atom. The predicted molar refractivity (Wildman–Crippen MR) is 90.4 cm³/mol. The molecular formula is C18H25N3O2. The summed E-state index contributed by atoms with van der Waals surface area (Å²) in [6.45, 7) is 6.44. The Bertz CT molecular complexity index is 576. The minimum absolute atomic E-state index is 0.0274. The molecule has 5 heteroatoms. The van der Waals surface area contributed by atoms with Crippen LogP contribution in [0, 0.1) is 12.8 Å². The summed E-state index contributed by atoms with van der Waals surface area (Å²) in [6, 6.07) is 7.80. The third-order valence-corrected chi connectivity index (χ3v) is 4.87. The highest BCUT2D eigenvalue weighted by molar-refractivity contribution is 5.96. The maximum absolute atomic E-state index is 12.3. The number of likely N-dealkylation sites (tertiary alicyclic amines) is 1. The maximum atomic E-state index is 12.3. The van der Waals surface area contributed by atoms with Crippen molar-refractivity contribution in [1.82, 2.24) is 10.2 Å². The molecule has 2 saturated heterocycles. The average molecular weight is 315 g/mol. The molecule has 2 aliphatic rings. The van der Waals surface area contributed by atoms with Crippen LogP contribution in [0.2, 0.25) is 0 Å². The number of rotatable bonds is 2. The second kappa shape index (κ2) is 6.60. The fourth-order valence-corrected chi connectivity index (χ4v) is 3.26. The molecule has 0 bridgehead atoms. The fraction of sp³-hybridized carbons (Fsp3) is 0.556. The summed E-state index contributed by atoms with van der Waals surface area (Å²) < 4.78 is 0. The molecule has 0 spiro atoms. The van der Waals surface area contributed by atoms with Crippen molar-refractivity contribution in [3.05, 3.63) is 29.8 Å². The zero-order valence-corrected chi connectivity index (χ0v) is 13.9. The molecule has 3 amide bonds. The molecule has 124 valence electrons. The molecule has 1 atom stereocenters. The Kier molecular flexibility index (Phi) is 4.55. The molecule has 2 heterocycles. The molecule has 1 aromatic rings. The van der Waals surface area contributed by atoms with E-state index in [1.54, 1.807) is 4.90 Å². The third kappa shape index (κ3) is 3.66. The van der Waals surface area contributed by atoms with Crippen LogP contribution >= 0.6 is 0 Å². The average Bonchev–Trinajstić information content (AvgIpc) is 2.89. The van der Waals surface area contributed by atoms with Gasteiger partial charge in [-0.3, -0.25) is 4.79 Å². The number of hydrogen-bond donors (Lipinski definition) is 1. The second-order valence-corrected chi connectivity index (χ2v) is 6.86. The largest absolute Gasteiger partial charge is 0.333 e. The number of nitrogens with one attached hydrogen (secondary N) is 1. The molecule has 2 aliphatic heterocycles. The summed E-state index contributed by atoms with van der Waals surface area (Å²) in [5, 5.41) is 3.03. The number of nitrogens with zero attached hydrogens (tertiary/aromatic N) is 2. The number of carbonyl (C=O) groups is 2. The molecule has 5 nitrogen and oxygen atoms in total. The standard InChI is InChI=1S/C18H25N3O2/c1-13-3-5-16(6-4-13)21-12-15(11-17(21)22)19-18(23)20-9-7-14(2)8-10-20/h3-6,14-15H,7-12H2,1-2H3,(H,19,23)/t15-/m0/s1. The van der Waals surface area contributed by atoms with E-state index in [2.05, 4.69) is 12.2 Å². The number of benzene rings is 1. The minimum Gasteiger partial charge on any atom is -0.333 e. The van der Waals surface area contributed by atoms with E-state index in [1.165, 1.54) is 5.56 Å². The van der Waals surface area contributed by atoms with Crippen LogP contribution in [0.15, 0.2) is 24.3 Å². The quantitative estimate of drug-likeness (QED) is 0.912. The summed E-state index contributed by atoms with van der Waals surface area (Å²) in [5.41, 5.74) is 2.08. The molecule has 23 heavy (non-hydrogen) atoms. The molecule has 1 aromatic carbocycles. The Morgan fingerprint density at radius 1 is 1.17 bits per heavy atom. The molecule has 0 unspecified atom stereocenters. The van der Waals surface area contributed by atoms with Gasteiger partial charge in [0.25, 0.3) is 0 Å². The number of urea groups is 1. The lowest BCUT2D eigenvalue weighted by molar-refractivity contribution is -0.117. The Balaban J connectivity index is 1.57. The van der Waals surface area contributed by atoms with Crippen LogP contribution in [0.1, 0.15) is 31.7 Å². The fourth-order valence-electron chi connectivity index (χ4n) is 3.26. The van der Waals surface area contributed by atoms with Crippen molar-refractivity contribution >= 4 is 17.6 Å². The highest BCUT2D eigenvalue weighted by atomic mass is 16.2. The Hall–Kier alpha value is -2.04. The number of carbonyl (C=O) groups excluding carboxylic acids is 2. The van der Waals surface area contributed by atoms with Crippen molar-refractivity contribution in [2.45, 2.75) is 39.2 Å². The van der Waals surface area contributed by atoms with E-state index < -0.39 is 0 Å². The number of anilines is 1. The van der Waals surface area contributed by atoms with Crippen molar-refractivity contribution in [3.8, 4) is 0 Å². The zero-order chi connectivity index (χ0) is 16.4. The van der Waals surface area contributed by atoms with Gasteiger partial charge in [0.15, 0.2) is 0 Å². The lowest BCUT2D eigenvalue weighted by Crippen LogP contribution is -2.48. The Labute approximate surface area is 137 Å². The van der Waals surface area contributed by atoms with Gasteiger partial charge in [0.05, 0.1) is 6.04 Å². The van der Waals surface area contributed by atoms with Gasteiger partial charge in [0, 0.05) is 31.7 Å². The van der Waals surface area contributed by atoms with E-state index in [9.17, 15) is 9.59 Å². The van der Waals surface area contributed by atoms with Crippen molar-refractivity contribution in [2.24, 2.45) is 5.92 Å². The molecule has 3 rings (SSSR count). The number of hydrogen-bond acceptors (Lipinski definition) is 2. The molecule has 2 fully saturated rings. The first-order valence-corrected chi connectivity index (χ1v) is 8.45. The van der Waals surface area contributed by atoms with Crippen LogP contribution in [0.3, 0.4) is 0 Å². The lowest BCUT2D eigenvalue weighted by atomic mass is 10.00. The molecular weight excluding hydrogens is 290 g/mol. The van der Waals surface area contributed by atoms with Gasteiger partial charge in [0.1, 0.15) is 0 Å². The first kappa shape index (κ1) is 15.8. The van der Waals surface area contributed by atoms with Crippen LogP contribution in [-0.2, 0) is 4.79 Å². The number of amides is 3. The SMILES string of the molecule is Cc1ccc(N2C[C@@H](NC(=O)N3CCC(C)CC3)CC2=O)cc1. The number of piperidine rings is 1. The van der Waals surface area contributed by atoms with Gasteiger partial charge in [-0.05, 0) is 37.8 Å². The normalized spacial score (nSPS) is 22.5. The third-order valence-electron chi connectivity index (χ3n) is 4.87. The van der Waals surface area contributed by atoms with E-state index >= 15 is 0 Å². The molecule has 0 saturated carbocycles. The predicted octanol–water partition coefficient (Wildman–Crippen LogP) is 2.54. The summed E-state index contributed by atoms with van der Waals surface area (Å²) in [4.78, 5) is 28.2. The van der Waals surface area contributed by atoms with Gasteiger partial charge in [0.2, 0.25) is 5.91 Å². The van der Waals surface area contributed by atoms with E-state index in [0.29, 0.717) is 18.9 Å². The van der Waals surface area contributed by atoms with Crippen LogP contribution in [-0.4, -0.2) is 42.5 Å². The number of aryl methyl sites for hydroxylation is 1. The van der Waals surface area contributed by atoms with E-state index in [0.717, 1.165) is 31.6 Å². The topological polar surface area (TPSA) is 52.7 Å². The highest BCUT2D eigenvalue weighted by Crippen LogP contribution is 2.22. The van der Waals surface area contributed by atoms with Gasteiger partial charge >= 0.3 is 6.03 Å². The van der Waals surface area contributed by atoms with Crippen LogP contribution in [0.4, 0.5) is 10.5 Å². The van der Waals surface area contributed by atoms with Gasteiger partial charge in [-0.1, -0.05) is 24.6 Å². The van der Waals surface area contributed by atoms with Gasteiger partial charge in [-0.15, -0.1) is 0 Å². The van der Waals surface area contributed by atoms with Gasteiger partial charge in [-0.25, -0.2) is 4.79 Å². The van der Waals surface area contributed by atoms with Crippen molar-refractivity contribution in [3.63, 3.8) is 0 Å². The highest BCUT2D eigenvalue weighted by Gasteiger charge is 2.32. The van der Waals surface area contributed by atoms with Crippen molar-refractivity contribution in [1.29, 1.82) is 0 Å². The van der Waals surface area contributed by atoms with Crippen molar-refractivity contribution in [2.75, 3.05) is 24.5 Å². The lowest BCUT2D eigenvalue weighted by Gasteiger charge is -2.31. The summed E-state index contributed by atoms with van der Waals surface area (Å²) in [6.07, 6.45) is 2.50. The van der Waals surface area contributed by atoms with Gasteiger partial charge in [-0.2, -0.15) is 0 Å². The summed E-state index contributed by atoms with van der Waals surface area (Å²) in [7, 11) is 0. The summed E-state index contributed by atoms with van der Waals surface area (Å²) in [5.74, 6) is 0.774. The molecule has 0 aliphatic carbocycles. The van der Waals surface area contributed by atoms with Crippen LogP contribution in [0.25, 0.3) is 0 Å². The van der Waals surface area contributed by atoms with Crippen LogP contribution in [0.5, 0.6) is 0 Å². The van der Waals surface area contributed by atoms with E-state index in [4.69, 9.17) is 0 Å². The summed E-state index contributed by atoms with van der Waals surface area (Å²) >= 11 is 0. The van der Waals surface area contributed by atoms with Gasteiger partial charge < -0.3 is 15.1 Å².